The summed E-state index contributed by atoms with van der Waals surface area (Å²) in [4.78, 5) is 23.6. The molecule has 8 nitrogen and oxygen atoms in total. The summed E-state index contributed by atoms with van der Waals surface area (Å²) in [6.45, 7) is 3.55. The molecule has 0 radical (unpaired) electrons. The van der Waals surface area contributed by atoms with Crippen molar-refractivity contribution in [2.75, 3.05) is 31.1 Å². The van der Waals surface area contributed by atoms with Crippen LogP contribution in [0.15, 0.2) is 77.1 Å². The van der Waals surface area contributed by atoms with Gasteiger partial charge in [0.1, 0.15) is 35.0 Å². The van der Waals surface area contributed by atoms with Crippen LogP contribution in [0, 0.1) is 5.82 Å². The normalized spacial score (nSPS) is 22.6. The predicted octanol–water partition coefficient (Wildman–Crippen LogP) is 4.75. The van der Waals surface area contributed by atoms with Crippen molar-refractivity contribution in [3.63, 3.8) is 0 Å². The number of hydrogen-bond acceptors (Lipinski definition) is 8. The Bertz CT molecular complexity index is 1430. The van der Waals surface area contributed by atoms with E-state index in [-0.39, 0.29) is 17.9 Å². The van der Waals surface area contributed by atoms with Crippen molar-refractivity contribution in [3.8, 4) is 11.4 Å². The third-order valence-corrected chi connectivity index (χ3v) is 7.77. The summed E-state index contributed by atoms with van der Waals surface area (Å²) in [7, 11) is 0. The second-order valence-electron chi connectivity index (χ2n) is 10.2. The summed E-state index contributed by atoms with van der Waals surface area (Å²) in [5.41, 5.74) is 3.43. The molecule has 0 amide bonds. The van der Waals surface area contributed by atoms with Crippen LogP contribution in [-0.2, 0) is 0 Å². The zero-order chi connectivity index (χ0) is 25.5. The highest BCUT2D eigenvalue weighted by molar-refractivity contribution is 6.06. The molecule has 0 aliphatic carbocycles. The molecule has 0 bridgehead atoms. The number of hydrazone groups is 1. The number of hydrogen-bond donors (Lipinski definition) is 0. The number of pyridine rings is 1. The van der Waals surface area contributed by atoms with Crippen molar-refractivity contribution >= 4 is 17.5 Å². The maximum absolute atomic E-state index is 13.9. The minimum atomic E-state index is -0.203. The molecule has 3 aromatic rings. The lowest BCUT2D eigenvalue weighted by Gasteiger charge is -2.31. The zero-order valence-corrected chi connectivity index (χ0v) is 21.1. The van der Waals surface area contributed by atoms with Crippen molar-refractivity contribution in [1.82, 2.24) is 24.9 Å². The van der Waals surface area contributed by atoms with Gasteiger partial charge in [-0.05, 0) is 67.7 Å². The molecule has 4 aliphatic heterocycles. The van der Waals surface area contributed by atoms with Crippen LogP contribution in [0.3, 0.4) is 0 Å². The standard InChI is InChI=1S/C29H29FN8/c30-21-7-3-6-20(16-21)25-10-5-15-37(25)28-12-11-27-33-18-26(38(27)35-28)23-9-4-8-22(34-23)24-17-32-29(19-31-24)36-13-1-2-14-36/h3-4,6-9,11-12,16-17,19,25-26H,1-2,5,10,13-15,18H2. The minimum absolute atomic E-state index is 0.100. The number of amidine groups is 2. The van der Waals surface area contributed by atoms with Gasteiger partial charge in [0.15, 0.2) is 0 Å². The summed E-state index contributed by atoms with van der Waals surface area (Å²) in [6, 6.07) is 12.9. The molecule has 2 fully saturated rings. The fraction of sp³-hybridized carbons (Fsp3) is 0.345. The summed E-state index contributed by atoms with van der Waals surface area (Å²) in [5, 5.41) is 7.01. The minimum Gasteiger partial charge on any atom is -0.355 e. The average molecular weight is 509 g/mol. The first-order valence-electron chi connectivity index (χ1n) is 13.4. The molecule has 2 aromatic heterocycles. The summed E-state index contributed by atoms with van der Waals surface area (Å²) in [5.74, 6) is 2.44. The molecule has 7 rings (SSSR count). The highest BCUT2D eigenvalue weighted by atomic mass is 19.1. The van der Waals surface area contributed by atoms with E-state index < -0.39 is 0 Å². The molecule has 6 heterocycles. The molecule has 38 heavy (non-hydrogen) atoms. The molecule has 9 heteroatoms. The molecule has 1 aromatic carbocycles. The highest BCUT2D eigenvalue weighted by Crippen LogP contribution is 2.35. The molecule has 0 saturated carbocycles. The van der Waals surface area contributed by atoms with Crippen LogP contribution in [0.2, 0.25) is 0 Å². The quantitative estimate of drug-likeness (QED) is 0.506. The van der Waals surface area contributed by atoms with Crippen molar-refractivity contribution in [2.45, 2.75) is 37.8 Å². The topological polar surface area (TPSA) is 73.1 Å². The first kappa shape index (κ1) is 23.0. The summed E-state index contributed by atoms with van der Waals surface area (Å²) >= 11 is 0. The van der Waals surface area contributed by atoms with Gasteiger partial charge in [0.05, 0.1) is 36.4 Å². The fourth-order valence-corrected chi connectivity index (χ4v) is 5.85. The lowest BCUT2D eigenvalue weighted by Crippen LogP contribution is -2.36. The van der Waals surface area contributed by atoms with Gasteiger partial charge in [-0.1, -0.05) is 18.2 Å². The molecule has 192 valence electrons. The first-order valence-corrected chi connectivity index (χ1v) is 13.4. The van der Waals surface area contributed by atoms with Gasteiger partial charge < -0.3 is 9.80 Å². The van der Waals surface area contributed by atoms with Crippen LogP contribution in [0.5, 0.6) is 0 Å². The van der Waals surface area contributed by atoms with Crippen molar-refractivity contribution < 1.29 is 4.39 Å². The Morgan fingerprint density at radius 3 is 2.53 bits per heavy atom. The van der Waals surface area contributed by atoms with Gasteiger partial charge in [0.25, 0.3) is 0 Å². The van der Waals surface area contributed by atoms with Gasteiger partial charge in [0.2, 0.25) is 0 Å². The number of fused-ring (bicyclic) bond motifs is 1. The first-order chi connectivity index (χ1) is 18.7. The van der Waals surface area contributed by atoms with Gasteiger partial charge in [-0.2, -0.15) is 5.10 Å². The number of halogens is 1. The SMILES string of the molecule is Fc1cccc(C2CCCN2C2=NN3C(=NCC3c3cccc(-c4cnc(N5CCCC5)cn4)n3)C=C2)c1. The Labute approximate surface area is 221 Å². The van der Waals surface area contributed by atoms with E-state index in [4.69, 9.17) is 15.1 Å². The van der Waals surface area contributed by atoms with Gasteiger partial charge in [-0.25, -0.2) is 24.4 Å². The number of anilines is 1. The largest absolute Gasteiger partial charge is 0.355 e. The van der Waals surface area contributed by atoms with E-state index in [9.17, 15) is 4.39 Å². The second kappa shape index (κ2) is 9.63. The van der Waals surface area contributed by atoms with E-state index in [0.717, 1.165) is 72.6 Å². The monoisotopic (exact) mass is 508 g/mol. The van der Waals surface area contributed by atoms with Crippen molar-refractivity contribution in [3.05, 3.63) is 84.1 Å². The van der Waals surface area contributed by atoms with E-state index in [2.05, 4.69) is 19.8 Å². The molecule has 2 atom stereocenters. The van der Waals surface area contributed by atoms with E-state index >= 15 is 0 Å². The fourth-order valence-electron chi connectivity index (χ4n) is 5.85. The highest BCUT2D eigenvalue weighted by Gasteiger charge is 2.35. The molecule has 2 saturated heterocycles. The van der Waals surface area contributed by atoms with E-state index in [1.165, 1.54) is 18.9 Å². The number of aliphatic imine (C=N–C) groups is 1. The smallest absolute Gasteiger partial charge is 0.149 e. The third-order valence-electron chi connectivity index (χ3n) is 7.77. The number of nitrogens with zero attached hydrogens (tertiary/aromatic N) is 8. The van der Waals surface area contributed by atoms with Gasteiger partial charge >= 0.3 is 0 Å². The Morgan fingerprint density at radius 1 is 0.816 bits per heavy atom. The van der Waals surface area contributed by atoms with Crippen molar-refractivity contribution in [1.29, 1.82) is 0 Å². The van der Waals surface area contributed by atoms with Crippen LogP contribution >= 0.6 is 0 Å². The van der Waals surface area contributed by atoms with Crippen molar-refractivity contribution in [2.24, 2.45) is 10.1 Å². The predicted molar refractivity (Wildman–Crippen MR) is 145 cm³/mol. The Morgan fingerprint density at radius 2 is 1.68 bits per heavy atom. The van der Waals surface area contributed by atoms with E-state index in [1.54, 1.807) is 12.1 Å². The van der Waals surface area contributed by atoms with E-state index in [1.807, 2.05) is 53.8 Å². The Hall–Kier alpha value is -4.14. The maximum Gasteiger partial charge on any atom is 0.149 e. The Kier molecular flexibility index (Phi) is 5.83. The Balaban J connectivity index is 1.13. The van der Waals surface area contributed by atoms with E-state index in [0.29, 0.717) is 6.54 Å². The molecule has 2 unspecified atom stereocenters. The summed E-state index contributed by atoms with van der Waals surface area (Å²) in [6.07, 6.45) is 12.1. The van der Waals surface area contributed by atoms with Crippen LogP contribution in [0.25, 0.3) is 11.4 Å². The van der Waals surface area contributed by atoms with Crippen LogP contribution < -0.4 is 4.90 Å². The molecular formula is C29H29FN8. The molecule has 4 aliphatic rings. The number of rotatable bonds is 4. The zero-order valence-electron chi connectivity index (χ0n) is 21.1. The lowest BCUT2D eigenvalue weighted by molar-refractivity contribution is 0.337. The third kappa shape index (κ3) is 4.21. The average Bonchev–Trinajstić information content (AvgIpc) is 3.74. The number of aromatic nitrogens is 3. The molecule has 0 spiro atoms. The molecule has 0 N–H and O–H groups in total. The number of likely N-dealkylation sites (tertiary alicyclic amines) is 1. The molecular weight excluding hydrogens is 479 g/mol. The maximum atomic E-state index is 13.9. The lowest BCUT2D eigenvalue weighted by atomic mass is 10.0. The number of benzene rings is 1. The van der Waals surface area contributed by atoms with Gasteiger partial charge in [-0.3, -0.25) is 4.99 Å². The van der Waals surface area contributed by atoms with Gasteiger partial charge in [0, 0.05) is 19.6 Å². The summed E-state index contributed by atoms with van der Waals surface area (Å²) < 4.78 is 13.9. The van der Waals surface area contributed by atoms with Crippen LogP contribution in [0.4, 0.5) is 10.2 Å². The van der Waals surface area contributed by atoms with Gasteiger partial charge in [-0.15, -0.1) is 0 Å². The van der Waals surface area contributed by atoms with Crippen LogP contribution in [0.1, 0.15) is 49.0 Å². The van der Waals surface area contributed by atoms with Crippen LogP contribution in [-0.4, -0.2) is 62.7 Å². The second-order valence-corrected chi connectivity index (χ2v) is 10.2.